The first-order chi connectivity index (χ1) is 12.0. The van der Waals surface area contributed by atoms with Crippen LogP contribution in [-0.2, 0) is 24.2 Å². The van der Waals surface area contributed by atoms with Gasteiger partial charge < -0.3 is 9.88 Å². The Kier molecular flexibility index (Phi) is 3.94. The molecule has 2 aliphatic heterocycles. The second-order valence-corrected chi connectivity index (χ2v) is 7.20. The topological polar surface area (TPSA) is 83.9 Å². The van der Waals surface area contributed by atoms with Crippen LogP contribution in [0.25, 0.3) is 0 Å². The second-order valence-electron chi connectivity index (χ2n) is 7.20. The van der Waals surface area contributed by atoms with E-state index in [2.05, 4.69) is 15.1 Å². The summed E-state index contributed by atoms with van der Waals surface area (Å²) < 4.78 is 1.82. The van der Waals surface area contributed by atoms with Gasteiger partial charge in [-0.15, -0.1) is 0 Å². The summed E-state index contributed by atoms with van der Waals surface area (Å²) in [6, 6.07) is 0.274. The lowest BCUT2D eigenvalue weighted by Gasteiger charge is -2.28. The van der Waals surface area contributed by atoms with Gasteiger partial charge in [0.1, 0.15) is 5.82 Å². The number of aromatic nitrogens is 4. The number of fused-ring (bicyclic) bond motifs is 3. The zero-order valence-corrected chi connectivity index (χ0v) is 14.7. The minimum atomic E-state index is -0.0468. The van der Waals surface area contributed by atoms with Gasteiger partial charge in [-0.1, -0.05) is 0 Å². The lowest BCUT2D eigenvalue weighted by molar-refractivity contribution is -0.134. The molecule has 2 aromatic heterocycles. The maximum atomic E-state index is 12.9. The Morgan fingerprint density at radius 1 is 1.28 bits per heavy atom. The van der Waals surface area contributed by atoms with Crippen molar-refractivity contribution in [3.05, 3.63) is 45.4 Å². The third-order valence-corrected chi connectivity index (χ3v) is 5.31. The smallest absolute Gasteiger partial charge is 0.254 e. The standard InChI is InChI=1S/C18H23N5O2/c1-11-9-19-22(10-11)6-5-17(24)23-13-3-4-14(23)8-16-15(7-13)18(25)21-12(2)20-16/h9-10,13-14H,3-8H2,1-2H3,(H,20,21,25). The highest BCUT2D eigenvalue weighted by Crippen LogP contribution is 2.33. The number of nitrogens with zero attached hydrogens (tertiary/aromatic N) is 4. The van der Waals surface area contributed by atoms with Crippen molar-refractivity contribution < 1.29 is 4.79 Å². The largest absolute Gasteiger partial charge is 0.336 e. The van der Waals surface area contributed by atoms with Gasteiger partial charge in [0, 0.05) is 49.7 Å². The summed E-state index contributed by atoms with van der Waals surface area (Å²) >= 11 is 0. The number of aromatic amines is 1. The second kappa shape index (κ2) is 6.13. The Morgan fingerprint density at radius 2 is 2.04 bits per heavy atom. The van der Waals surface area contributed by atoms with Crippen LogP contribution in [0.1, 0.15) is 41.9 Å². The van der Waals surface area contributed by atoms with Crippen LogP contribution in [0.15, 0.2) is 17.2 Å². The van der Waals surface area contributed by atoms with Crippen molar-refractivity contribution in [1.29, 1.82) is 0 Å². The minimum absolute atomic E-state index is 0.0468. The maximum Gasteiger partial charge on any atom is 0.254 e. The first-order valence-corrected chi connectivity index (χ1v) is 8.90. The van der Waals surface area contributed by atoms with Crippen LogP contribution < -0.4 is 5.56 Å². The van der Waals surface area contributed by atoms with Gasteiger partial charge in [0.25, 0.3) is 5.56 Å². The molecular formula is C18H23N5O2. The van der Waals surface area contributed by atoms with Crippen molar-refractivity contribution in [3.8, 4) is 0 Å². The van der Waals surface area contributed by atoms with Gasteiger partial charge in [0.15, 0.2) is 0 Å². The number of aryl methyl sites for hydroxylation is 3. The minimum Gasteiger partial charge on any atom is -0.336 e. The van der Waals surface area contributed by atoms with Crippen LogP contribution in [0.5, 0.6) is 0 Å². The number of hydrogen-bond donors (Lipinski definition) is 1. The molecule has 2 atom stereocenters. The molecule has 4 rings (SSSR count). The zero-order valence-electron chi connectivity index (χ0n) is 14.7. The first-order valence-electron chi connectivity index (χ1n) is 8.90. The number of rotatable bonds is 3. The van der Waals surface area contributed by atoms with Gasteiger partial charge >= 0.3 is 0 Å². The molecule has 7 nitrogen and oxygen atoms in total. The van der Waals surface area contributed by atoms with E-state index in [0.29, 0.717) is 31.6 Å². The number of H-pyrrole nitrogens is 1. The molecule has 4 heterocycles. The molecule has 0 aromatic carbocycles. The Morgan fingerprint density at radius 3 is 2.76 bits per heavy atom. The van der Waals surface area contributed by atoms with E-state index in [4.69, 9.17) is 0 Å². The molecule has 7 heteroatoms. The summed E-state index contributed by atoms with van der Waals surface area (Å²) in [7, 11) is 0. The molecule has 0 aliphatic carbocycles. The normalized spacial score (nSPS) is 21.9. The lowest BCUT2D eigenvalue weighted by atomic mass is 9.98. The summed E-state index contributed by atoms with van der Waals surface area (Å²) in [6.07, 6.45) is 7.44. The van der Waals surface area contributed by atoms with Crippen molar-refractivity contribution in [2.75, 3.05) is 0 Å². The Balaban J connectivity index is 1.53. The molecule has 2 aromatic rings. The van der Waals surface area contributed by atoms with E-state index in [1.165, 1.54) is 0 Å². The van der Waals surface area contributed by atoms with Crippen LogP contribution >= 0.6 is 0 Å². The molecule has 1 fully saturated rings. The van der Waals surface area contributed by atoms with Gasteiger partial charge in [0.2, 0.25) is 5.91 Å². The lowest BCUT2D eigenvalue weighted by Crippen LogP contribution is -2.42. The highest BCUT2D eigenvalue weighted by Gasteiger charge is 2.40. The number of carbonyl (C=O) groups excluding carboxylic acids is 1. The molecule has 0 spiro atoms. The van der Waals surface area contributed by atoms with Crippen molar-refractivity contribution >= 4 is 5.91 Å². The Bertz CT molecular complexity index is 869. The van der Waals surface area contributed by atoms with Crippen LogP contribution in [0.4, 0.5) is 0 Å². The van der Waals surface area contributed by atoms with Crippen molar-refractivity contribution in [1.82, 2.24) is 24.6 Å². The van der Waals surface area contributed by atoms with Gasteiger partial charge in [-0.2, -0.15) is 5.10 Å². The monoisotopic (exact) mass is 341 g/mol. The highest BCUT2D eigenvalue weighted by atomic mass is 16.2. The number of carbonyl (C=O) groups is 1. The average Bonchev–Trinajstić information content (AvgIpc) is 3.09. The van der Waals surface area contributed by atoms with Gasteiger partial charge in [-0.25, -0.2) is 4.98 Å². The van der Waals surface area contributed by atoms with Crippen LogP contribution in [0, 0.1) is 13.8 Å². The highest BCUT2D eigenvalue weighted by molar-refractivity contribution is 5.77. The molecule has 1 N–H and O–H groups in total. The fraction of sp³-hybridized carbons (Fsp3) is 0.556. The van der Waals surface area contributed by atoms with Gasteiger partial charge in [-0.05, 0) is 32.3 Å². The summed E-state index contributed by atoms with van der Waals surface area (Å²) in [5.74, 6) is 0.801. The number of hydrogen-bond acceptors (Lipinski definition) is 4. The third kappa shape index (κ3) is 2.99. The zero-order chi connectivity index (χ0) is 17.6. The Hall–Kier alpha value is -2.44. The summed E-state index contributed by atoms with van der Waals surface area (Å²) in [5, 5.41) is 4.25. The van der Waals surface area contributed by atoms with E-state index in [0.717, 1.165) is 29.7 Å². The molecule has 25 heavy (non-hydrogen) atoms. The molecule has 0 radical (unpaired) electrons. The van der Waals surface area contributed by atoms with E-state index in [1.807, 2.05) is 22.7 Å². The van der Waals surface area contributed by atoms with Crippen molar-refractivity contribution in [3.63, 3.8) is 0 Å². The molecule has 0 saturated carbocycles. The van der Waals surface area contributed by atoms with E-state index in [9.17, 15) is 9.59 Å². The summed E-state index contributed by atoms with van der Waals surface area (Å²) in [5.41, 5.74) is 2.68. The van der Waals surface area contributed by atoms with E-state index >= 15 is 0 Å². The van der Waals surface area contributed by atoms with Crippen LogP contribution in [0.2, 0.25) is 0 Å². The fourth-order valence-electron chi connectivity index (χ4n) is 4.20. The quantitative estimate of drug-likeness (QED) is 0.907. The maximum absolute atomic E-state index is 12.9. The van der Waals surface area contributed by atoms with Crippen LogP contribution in [0.3, 0.4) is 0 Å². The van der Waals surface area contributed by atoms with Crippen LogP contribution in [-0.4, -0.2) is 42.6 Å². The summed E-state index contributed by atoms with van der Waals surface area (Å²) in [6.45, 7) is 4.39. The predicted octanol–water partition coefficient (Wildman–Crippen LogP) is 1.13. The molecule has 2 unspecified atom stereocenters. The third-order valence-electron chi connectivity index (χ3n) is 5.31. The van der Waals surface area contributed by atoms with E-state index in [1.54, 1.807) is 13.1 Å². The van der Waals surface area contributed by atoms with Crippen molar-refractivity contribution in [2.24, 2.45) is 0 Å². The molecule has 2 bridgehead atoms. The first kappa shape index (κ1) is 16.1. The van der Waals surface area contributed by atoms with Crippen molar-refractivity contribution in [2.45, 2.75) is 64.6 Å². The summed E-state index contributed by atoms with van der Waals surface area (Å²) in [4.78, 5) is 34.5. The SMILES string of the molecule is Cc1cnn(CCC(=O)N2C3CCC2Cc2c(nc(C)[nH]c2=O)C3)c1. The Labute approximate surface area is 146 Å². The van der Waals surface area contributed by atoms with E-state index < -0.39 is 0 Å². The molecule has 1 amide bonds. The van der Waals surface area contributed by atoms with Gasteiger partial charge in [0.05, 0.1) is 11.9 Å². The van der Waals surface area contributed by atoms with E-state index in [-0.39, 0.29) is 23.6 Å². The average molecular weight is 341 g/mol. The molecule has 2 aliphatic rings. The fourth-order valence-corrected chi connectivity index (χ4v) is 4.20. The number of nitrogens with one attached hydrogen (secondary N) is 1. The number of amides is 1. The molecular weight excluding hydrogens is 318 g/mol. The molecule has 1 saturated heterocycles. The van der Waals surface area contributed by atoms with Gasteiger partial charge in [-0.3, -0.25) is 14.3 Å². The predicted molar refractivity (Wildman–Crippen MR) is 92.2 cm³/mol. The molecule has 132 valence electrons.